The molecule has 0 saturated carbocycles. The number of hydrogen-bond acceptors (Lipinski definition) is 6. The van der Waals surface area contributed by atoms with Crippen LogP contribution in [0.25, 0.3) is 0 Å². The Kier molecular flexibility index (Phi) is 8.45. The smallest absolute Gasteiger partial charge is 0.254 e. The Labute approximate surface area is 205 Å². The van der Waals surface area contributed by atoms with E-state index in [-0.39, 0.29) is 24.3 Å². The second-order valence-electron chi connectivity index (χ2n) is 9.14. The number of nitrogens with zero attached hydrogens (tertiary/aromatic N) is 2. The van der Waals surface area contributed by atoms with Crippen molar-refractivity contribution in [1.29, 1.82) is 0 Å². The van der Waals surface area contributed by atoms with Gasteiger partial charge in [0.2, 0.25) is 12.3 Å². The van der Waals surface area contributed by atoms with Gasteiger partial charge in [-0.3, -0.25) is 24.6 Å². The summed E-state index contributed by atoms with van der Waals surface area (Å²) < 4.78 is 6.12. The van der Waals surface area contributed by atoms with E-state index in [1.165, 1.54) is 25.7 Å². The van der Waals surface area contributed by atoms with Gasteiger partial charge >= 0.3 is 0 Å². The molecule has 3 amide bonds. The van der Waals surface area contributed by atoms with E-state index in [1.807, 2.05) is 24.0 Å². The van der Waals surface area contributed by atoms with Crippen LogP contribution in [0, 0.1) is 0 Å². The monoisotopic (exact) mass is 483 g/mol. The van der Waals surface area contributed by atoms with Gasteiger partial charge in [0.05, 0.1) is 12.3 Å². The SMILES string of the molecule is CC(CCC(=O)NC=O)N1Cc2c(SCc3ccc(CN4CCCCCC4)o3)cccc2C1=O. The molecule has 0 bridgehead atoms. The molecule has 0 radical (unpaired) electrons. The average molecular weight is 484 g/mol. The Morgan fingerprint density at radius 3 is 2.68 bits per heavy atom. The topological polar surface area (TPSA) is 82.9 Å². The molecule has 1 saturated heterocycles. The van der Waals surface area contributed by atoms with Crippen LogP contribution in [0.4, 0.5) is 0 Å². The Bertz CT molecular complexity index is 1010. The van der Waals surface area contributed by atoms with Gasteiger partial charge in [0.15, 0.2) is 0 Å². The van der Waals surface area contributed by atoms with Crippen molar-refractivity contribution in [3.05, 3.63) is 53.0 Å². The highest BCUT2D eigenvalue weighted by molar-refractivity contribution is 7.98. The quantitative estimate of drug-likeness (QED) is 0.400. The van der Waals surface area contributed by atoms with E-state index in [1.54, 1.807) is 11.8 Å². The van der Waals surface area contributed by atoms with Crippen LogP contribution >= 0.6 is 11.8 Å². The van der Waals surface area contributed by atoms with Gasteiger partial charge in [0, 0.05) is 29.5 Å². The predicted molar refractivity (Wildman–Crippen MR) is 131 cm³/mol. The third-order valence-corrected chi connectivity index (χ3v) is 7.78. The summed E-state index contributed by atoms with van der Waals surface area (Å²) in [6.45, 7) is 5.64. The maximum absolute atomic E-state index is 13.0. The Morgan fingerprint density at radius 2 is 1.91 bits per heavy atom. The number of nitrogens with one attached hydrogen (secondary N) is 1. The van der Waals surface area contributed by atoms with E-state index in [9.17, 15) is 14.4 Å². The summed E-state index contributed by atoms with van der Waals surface area (Å²) >= 11 is 1.69. The second-order valence-corrected chi connectivity index (χ2v) is 10.2. The van der Waals surface area contributed by atoms with Gasteiger partial charge in [-0.15, -0.1) is 11.8 Å². The zero-order chi connectivity index (χ0) is 23.9. The van der Waals surface area contributed by atoms with Crippen LogP contribution in [0.5, 0.6) is 0 Å². The zero-order valence-electron chi connectivity index (χ0n) is 19.8. The minimum Gasteiger partial charge on any atom is -0.464 e. The molecule has 1 unspecified atom stereocenters. The molecular formula is C26H33N3O4S. The number of thioether (sulfide) groups is 1. The van der Waals surface area contributed by atoms with Gasteiger partial charge in [-0.1, -0.05) is 18.9 Å². The summed E-state index contributed by atoms with van der Waals surface area (Å²) in [5.41, 5.74) is 1.77. The first-order valence-electron chi connectivity index (χ1n) is 12.1. The van der Waals surface area contributed by atoms with Crippen molar-refractivity contribution in [3.63, 3.8) is 0 Å². The number of rotatable bonds is 10. The molecule has 1 N–H and O–H groups in total. The number of amides is 3. The molecule has 34 heavy (non-hydrogen) atoms. The normalized spacial score (nSPS) is 17.3. The van der Waals surface area contributed by atoms with Gasteiger partial charge in [-0.05, 0) is 69.1 Å². The average Bonchev–Trinajstić information content (AvgIpc) is 3.32. The van der Waals surface area contributed by atoms with E-state index >= 15 is 0 Å². The molecule has 8 heteroatoms. The molecule has 3 heterocycles. The molecule has 182 valence electrons. The number of carbonyl (C=O) groups is 3. The first-order chi connectivity index (χ1) is 16.5. The predicted octanol–water partition coefficient (Wildman–Crippen LogP) is 4.35. The zero-order valence-corrected chi connectivity index (χ0v) is 20.6. The van der Waals surface area contributed by atoms with Crippen LogP contribution in [0.15, 0.2) is 39.6 Å². The molecule has 2 aromatic rings. The fourth-order valence-electron chi connectivity index (χ4n) is 4.70. The minimum atomic E-state index is -0.323. The number of carbonyl (C=O) groups excluding carboxylic acids is 3. The van der Waals surface area contributed by atoms with Gasteiger partial charge < -0.3 is 9.32 Å². The van der Waals surface area contributed by atoms with Gasteiger partial charge in [-0.2, -0.15) is 0 Å². The number of fused-ring (bicyclic) bond motifs is 1. The molecule has 1 aromatic heterocycles. The fraction of sp³-hybridized carbons (Fsp3) is 0.500. The maximum atomic E-state index is 13.0. The summed E-state index contributed by atoms with van der Waals surface area (Å²) in [6.07, 6.45) is 6.29. The van der Waals surface area contributed by atoms with E-state index in [0.29, 0.717) is 25.1 Å². The highest BCUT2D eigenvalue weighted by atomic mass is 32.2. The summed E-state index contributed by atoms with van der Waals surface area (Å²) in [7, 11) is 0. The Hall–Kier alpha value is -2.58. The van der Waals surface area contributed by atoms with Crippen molar-refractivity contribution < 1.29 is 18.8 Å². The van der Waals surface area contributed by atoms with E-state index in [4.69, 9.17) is 4.42 Å². The lowest BCUT2D eigenvalue weighted by atomic mass is 10.1. The maximum Gasteiger partial charge on any atom is 0.254 e. The van der Waals surface area contributed by atoms with Crippen LogP contribution in [-0.4, -0.2) is 47.2 Å². The van der Waals surface area contributed by atoms with Crippen LogP contribution in [-0.2, 0) is 28.4 Å². The van der Waals surface area contributed by atoms with Gasteiger partial charge in [0.1, 0.15) is 11.5 Å². The third kappa shape index (κ3) is 6.10. The van der Waals surface area contributed by atoms with Gasteiger partial charge in [0.25, 0.3) is 5.91 Å². The summed E-state index contributed by atoms with van der Waals surface area (Å²) in [6, 6.07) is 9.92. The number of likely N-dealkylation sites (tertiary alicyclic amines) is 1. The van der Waals surface area contributed by atoms with Crippen LogP contribution in [0.2, 0.25) is 0 Å². The molecule has 0 spiro atoms. The minimum absolute atomic E-state index is 0.00141. The first-order valence-corrected chi connectivity index (χ1v) is 13.1. The van der Waals surface area contributed by atoms with Crippen LogP contribution in [0.3, 0.4) is 0 Å². The summed E-state index contributed by atoms with van der Waals surface area (Å²) in [4.78, 5) is 40.4. The molecule has 1 aromatic carbocycles. The van der Waals surface area contributed by atoms with E-state index in [0.717, 1.165) is 47.2 Å². The molecule has 0 aliphatic carbocycles. The Morgan fingerprint density at radius 1 is 1.15 bits per heavy atom. The molecule has 2 aliphatic rings. The van der Waals surface area contributed by atoms with Crippen molar-refractivity contribution in [2.75, 3.05) is 13.1 Å². The molecule has 7 nitrogen and oxygen atoms in total. The lowest BCUT2D eigenvalue weighted by Crippen LogP contribution is -2.34. The van der Waals surface area contributed by atoms with Crippen LogP contribution < -0.4 is 5.32 Å². The van der Waals surface area contributed by atoms with Crippen molar-refractivity contribution in [2.24, 2.45) is 0 Å². The molecular weight excluding hydrogens is 450 g/mol. The van der Waals surface area contributed by atoms with E-state index < -0.39 is 0 Å². The van der Waals surface area contributed by atoms with Gasteiger partial charge in [-0.25, -0.2) is 0 Å². The number of furan rings is 1. The number of hydrogen-bond donors (Lipinski definition) is 1. The second kappa shape index (κ2) is 11.7. The van der Waals surface area contributed by atoms with Crippen molar-refractivity contribution in [3.8, 4) is 0 Å². The van der Waals surface area contributed by atoms with Crippen molar-refractivity contribution in [2.45, 2.75) is 75.2 Å². The lowest BCUT2D eigenvalue weighted by Gasteiger charge is -2.24. The summed E-state index contributed by atoms with van der Waals surface area (Å²) in [5.74, 6) is 2.36. The largest absolute Gasteiger partial charge is 0.464 e. The fourth-order valence-corrected chi connectivity index (χ4v) is 5.68. The van der Waals surface area contributed by atoms with E-state index in [2.05, 4.69) is 28.4 Å². The Balaban J connectivity index is 1.34. The highest BCUT2D eigenvalue weighted by Gasteiger charge is 2.32. The molecule has 1 fully saturated rings. The first kappa shape index (κ1) is 24.5. The lowest BCUT2D eigenvalue weighted by molar-refractivity contribution is -0.125. The summed E-state index contributed by atoms with van der Waals surface area (Å²) in [5, 5.41) is 2.15. The third-order valence-electron chi connectivity index (χ3n) is 6.66. The standard InChI is InChI=1S/C26H33N3O4S/c1-19(9-12-25(31)27-18-30)29-16-23-22(26(29)32)7-6-8-24(23)34-17-21-11-10-20(33-21)15-28-13-4-2-3-5-14-28/h6-8,10-11,18-19H,2-5,9,12-17H2,1H3,(H,27,30,31). The van der Waals surface area contributed by atoms with Crippen molar-refractivity contribution in [1.82, 2.24) is 15.1 Å². The van der Waals surface area contributed by atoms with Crippen molar-refractivity contribution >= 4 is 30.0 Å². The molecule has 1 atom stereocenters. The number of imide groups is 1. The molecule has 2 aliphatic heterocycles. The molecule has 4 rings (SSSR count). The number of benzene rings is 1. The van der Waals surface area contributed by atoms with Crippen LogP contribution in [0.1, 0.15) is 72.9 Å². The highest BCUT2D eigenvalue weighted by Crippen LogP contribution is 2.35.